The van der Waals surface area contributed by atoms with Crippen molar-refractivity contribution >= 4 is 16.8 Å². The number of fused-ring (bicyclic) bond motifs is 1. The van der Waals surface area contributed by atoms with Crippen LogP contribution in [-0.2, 0) is 11.3 Å². The summed E-state index contributed by atoms with van der Waals surface area (Å²) < 4.78 is 11.1. The van der Waals surface area contributed by atoms with E-state index in [1.807, 2.05) is 72.8 Å². The van der Waals surface area contributed by atoms with E-state index in [9.17, 15) is 9.90 Å². The molecule has 0 bridgehead atoms. The number of carbonyl (C=O) groups excluding carboxylic acids is 1. The summed E-state index contributed by atoms with van der Waals surface area (Å²) in [6.07, 6.45) is 0.829. The molecule has 0 saturated heterocycles. The summed E-state index contributed by atoms with van der Waals surface area (Å²) in [5, 5.41) is 11.8. The molecule has 1 N–H and O–H groups in total. The number of ether oxygens (including phenoxy) is 2. The van der Waals surface area contributed by atoms with Crippen LogP contribution < -0.4 is 9.47 Å². The number of hydrogen-bond donors (Lipinski definition) is 1. The van der Waals surface area contributed by atoms with Crippen molar-refractivity contribution in [1.82, 2.24) is 9.88 Å². The number of pyridine rings is 1. The summed E-state index contributed by atoms with van der Waals surface area (Å²) in [7, 11) is 1.58. The summed E-state index contributed by atoms with van der Waals surface area (Å²) in [4.78, 5) is 19.2. The van der Waals surface area contributed by atoms with E-state index in [1.54, 1.807) is 30.3 Å². The summed E-state index contributed by atoms with van der Waals surface area (Å²) in [5.74, 6) is 0.975. The smallest absolute Gasteiger partial charge is 0.260 e. The Morgan fingerprint density at radius 3 is 2.61 bits per heavy atom. The number of aliphatic hydroxyl groups is 1. The third-order valence-electron chi connectivity index (χ3n) is 5.39. The van der Waals surface area contributed by atoms with Crippen LogP contribution in [0.4, 0.5) is 0 Å². The normalized spacial score (nSPS) is 11.7. The first-order chi connectivity index (χ1) is 16.1. The van der Waals surface area contributed by atoms with Gasteiger partial charge in [0.15, 0.2) is 6.61 Å². The van der Waals surface area contributed by atoms with Crippen molar-refractivity contribution in [2.24, 2.45) is 0 Å². The van der Waals surface area contributed by atoms with Crippen molar-refractivity contribution < 1.29 is 19.4 Å². The van der Waals surface area contributed by atoms with Crippen LogP contribution in [0.2, 0.25) is 0 Å². The van der Waals surface area contributed by atoms with E-state index in [2.05, 4.69) is 4.98 Å². The van der Waals surface area contributed by atoms with Crippen molar-refractivity contribution in [2.45, 2.75) is 12.6 Å². The van der Waals surface area contributed by atoms with Gasteiger partial charge < -0.3 is 19.5 Å². The molecule has 1 atom stereocenters. The Balaban J connectivity index is 1.51. The average Bonchev–Trinajstić information content (AvgIpc) is 2.87. The van der Waals surface area contributed by atoms with E-state index in [0.29, 0.717) is 29.1 Å². The molecule has 0 fully saturated rings. The Morgan fingerprint density at radius 2 is 1.79 bits per heavy atom. The topological polar surface area (TPSA) is 71.9 Å². The predicted octanol–water partition coefficient (Wildman–Crippen LogP) is 4.38. The van der Waals surface area contributed by atoms with Gasteiger partial charge in [-0.1, -0.05) is 60.7 Å². The number of benzene rings is 3. The number of aliphatic hydroxyl groups excluding tert-OH is 1. The minimum absolute atomic E-state index is 0.123. The molecule has 33 heavy (non-hydrogen) atoms. The maximum atomic E-state index is 13.2. The molecule has 0 aliphatic rings. The molecule has 1 amide bonds. The fourth-order valence-corrected chi connectivity index (χ4v) is 3.64. The predicted molar refractivity (Wildman–Crippen MR) is 127 cm³/mol. The Hall–Kier alpha value is -3.90. The molecule has 168 valence electrons. The van der Waals surface area contributed by atoms with Gasteiger partial charge in [0.25, 0.3) is 5.91 Å². The number of rotatable bonds is 9. The molecular formula is C27H26N2O4. The van der Waals surface area contributed by atoms with Gasteiger partial charge in [0, 0.05) is 18.1 Å². The van der Waals surface area contributed by atoms with Gasteiger partial charge in [0.1, 0.15) is 17.0 Å². The van der Waals surface area contributed by atoms with Gasteiger partial charge >= 0.3 is 0 Å². The van der Waals surface area contributed by atoms with Crippen LogP contribution in [0.3, 0.4) is 0 Å². The highest BCUT2D eigenvalue weighted by Gasteiger charge is 2.20. The lowest BCUT2D eigenvalue weighted by Crippen LogP contribution is -2.37. The van der Waals surface area contributed by atoms with Crippen LogP contribution in [0.5, 0.6) is 11.5 Å². The number of aromatic nitrogens is 1. The number of methoxy groups -OCH3 is 1. The van der Waals surface area contributed by atoms with Crippen molar-refractivity contribution in [2.75, 3.05) is 20.3 Å². The Morgan fingerprint density at radius 1 is 1.00 bits per heavy atom. The second-order valence-corrected chi connectivity index (χ2v) is 7.67. The molecule has 4 rings (SSSR count). The second kappa shape index (κ2) is 10.6. The molecule has 0 aliphatic heterocycles. The van der Waals surface area contributed by atoms with E-state index in [4.69, 9.17) is 9.47 Å². The quantitative estimate of drug-likeness (QED) is 0.416. The molecule has 6 heteroatoms. The van der Waals surface area contributed by atoms with E-state index < -0.39 is 6.10 Å². The standard InChI is InChI=1S/C27H26N2O4/c1-32-23-13-5-11-22(16-23)24(30)18-29(17-20-8-3-2-4-9-20)26(31)19-33-25-14-6-10-21-12-7-15-28-27(21)25/h2-16,24,30H,17-19H2,1H3. The highest BCUT2D eigenvalue weighted by molar-refractivity contribution is 5.85. The van der Waals surface area contributed by atoms with Crippen LogP contribution >= 0.6 is 0 Å². The zero-order valence-electron chi connectivity index (χ0n) is 18.4. The highest BCUT2D eigenvalue weighted by Crippen LogP contribution is 2.24. The number of carbonyl (C=O) groups is 1. The van der Waals surface area contributed by atoms with Crippen LogP contribution in [0.25, 0.3) is 10.9 Å². The third-order valence-corrected chi connectivity index (χ3v) is 5.39. The van der Waals surface area contributed by atoms with Crippen molar-refractivity contribution in [3.05, 3.63) is 102 Å². The van der Waals surface area contributed by atoms with Gasteiger partial charge in [-0.05, 0) is 35.4 Å². The fourth-order valence-electron chi connectivity index (χ4n) is 3.64. The minimum atomic E-state index is -0.869. The van der Waals surface area contributed by atoms with Crippen molar-refractivity contribution in [1.29, 1.82) is 0 Å². The average molecular weight is 443 g/mol. The zero-order valence-corrected chi connectivity index (χ0v) is 18.4. The largest absolute Gasteiger partial charge is 0.497 e. The molecule has 6 nitrogen and oxygen atoms in total. The van der Waals surface area contributed by atoms with Crippen LogP contribution in [0.1, 0.15) is 17.2 Å². The second-order valence-electron chi connectivity index (χ2n) is 7.67. The van der Waals surface area contributed by atoms with Gasteiger partial charge in [-0.3, -0.25) is 9.78 Å². The molecule has 1 aromatic heterocycles. The molecule has 1 heterocycles. The Labute approximate surface area is 193 Å². The van der Waals surface area contributed by atoms with E-state index >= 15 is 0 Å². The molecular weight excluding hydrogens is 416 g/mol. The van der Waals surface area contributed by atoms with Crippen molar-refractivity contribution in [3.63, 3.8) is 0 Å². The zero-order chi connectivity index (χ0) is 23.0. The molecule has 3 aromatic carbocycles. The molecule has 0 spiro atoms. The maximum absolute atomic E-state index is 13.2. The van der Waals surface area contributed by atoms with Crippen LogP contribution in [0, 0.1) is 0 Å². The molecule has 0 saturated carbocycles. The van der Waals surface area contributed by atoms with E-state index in [-0.39, 0.29) is 19.1 Å². The van der Waals surface area contributed by atoms with Crippen molar-refractivity contribution in [3.8, 4) is 11.5 Å². The van der Waals surface area contributed by atoms with Gasteiger partial charge in [0.2, 0.25) is 0 Å². The van der Waals surface area contributed by atoms with Gasteiger partial charge in [0.05, 0.1) is 19.8 Å². The first-order valence-corrected chi connectivity index (χ1v) is 10.7. The molecule has 1 unspecified atom stereocenters. The first-order valence-electron chi connectivity index (χ1n) is 10.7. The summed E-state index contributed by atoms with van der Waals surface area (Å²) in [6.45, 7) is 0.323. The third kappa shape index (κ3) is 5.67. The van der Waals surface area contributed by atoms with Gasteiger partial charge in [-0.2, -0.15) is 0 Å². The lowest BCUT2D eigenvalue weighted by molar-refractivity contribution is -0.135. The molecule has 4 aromatic rings. The summed E-state index contributed by atoms with van der Waals surface area (Å²) >= 11 is 0. The summed E-state index contributed by atoms with van der Waals surface area (Å²) in [6, 6.07) is 26.3. The number of para-hydroxylation sites is 1. The van der Waals surface area contributed by atoms with Gasteiger partial charge in [-0.15, -0.1) is 0 Å². The minimum Gasteiger partial charge on any atom is -0.497 e. The lowest BCUT2D eigenvalue weighted by Gasteiger charge is -2.26. The van der Waals surface area contributed by atoms with E-state index in [1.165, 1.54) is 0 Å². The SMILES string of the molecule is COc1cccc(C(O)CN(Cc2ccccc2)C(=O)COc2cccc3cccnc23)c1. The number of nitrogens with zero attached hydrogens (tertiary/aromatic N) is 2. The highest BCUT2D eigenvalue weighted by atomic mass is 16.5. The van der Waals surface area contributed by atoms with Crippen LogP contribution in [0.15, 0.2) is 91.1 Å². The fraction of sp³-hybridized carbons (Fsp3) is 0.185. The Bertz CT molecular complexity index is 1210. The van der Waals surface area contributed by atoms with Gasteiger partial charge in [-0.25, -0.2) is 0 Å². The maximum Gasteiger partial charge on any atom is 0.260 e. The monoisotopic (exact) mass is 442 g/mol. The van der Waals surface area contributed by atoms with E-state index in [0.717, 1.165) is 10.9 Å². The lowest BCUT2D eigenvalue weighted by atomic mass is 10.1. The summed E-state index contributed by atoms with van der Waals surface area (Å²) in [5.41, 5.74) is 2.36. The molecule has 0 aliphatic carbocycles. The first kappa shape index (κ1) is 22.3. The number of hydrogen-bond acceptors (Lipinski definition) is 5. The molecule has 0 radical (unpaired) electrons. The Kier molecular flexibility index (Phi) is 7.17. The number of amides is 1. The van der Waals surface area contributed by atoms with Crippen LogP contribution in [-0.4, -0.2) is 41.2 Å².